The van der Waals surface area contributed by atoms with Crippen molar-refractivity contribution in [3.8, 4) is 0 Å². The summed E-state index contributed by atoms with van der Waals surface area (Å²) in [6.45, 7) is 1.79. The summed E-state index contributed by atoms with van der Waals surface area (Å²) in [5.74, 6) is -0.0529. The average Bonchev–Trinajstić information content (AvgIpc) is 2.90. The number of amides is 1. The Kier molecular flexibility index (Phi) is 4.90. The van der Waals surface area contributed by atoms with Gasteiger partial charge >= 0.3 is 0 Å². The summed E-state index contributed by atoms with van der Waals surface area (Å²) in [5.41, 5.74) is 7.13. The van der Waals surface area contributed by atoms with Crippen molar-refractivity contribution in [2.75, 3.05) is 13.1 Å². The Bertz CT molecular complexity index is 550. The summed E-state index contributed by atoms with van der Waals surface area (Å²) in [6.07, 6.45) is 4.16. The summed E-state index contributed by atoms with van der Waals surface area (Å²) >= 11 is 0. The highest BCUT2D eigenvalue weighted by Crippen LogP contribution is 2.09. The minimum atomic E-state index is -0.0529. The van der Waals surface area contributed by atoms with Crippen LogP contribution in [0.4, 0.5) is 0 Å². The standard InChI is InChI=1S/C15H20N4O/c1-18-11-14(17-12-18)15(20)19(9-5-8-16)10-13-6-3-2-4-7-13/h2-4,6-7,11-12H,5,8-10,16H2,1H3. The lowest BCUT2D eigenvalue weighted by Gasteiger charge is -2.21. The zero-order valence-electron chi connectivity index (χ0n) is 11.7. The lowest BCUT2D eigenvalue weighted by molar-refractivity contribution is 0.0736. The van der Waals surface area contributed by atoms with Gasteiger partial charge in [0, 0.05) is 26.3 Å². The number of nitrogens with zero attached hydrogens (tertiary/aromatic N) is 3. The molecule has 2 N–H and O–H groups in total. The van der Waals surface area contributed by atoms with Gasteiger partial charge in [-0.25, -0.2) is 4.98 Å². The quantitative estimate of drug-likeness (QED) is 0.864. The monoisotopic (exact) mass is 272 g/mol. The maximum Gasteiger partial charge on any atom is 0.274 e. The molecule has 1 heterocycles. The Hall–Kier alpha value is -2.14. The highest BCUT2D eigenvalue weighted by Gasteiger charge is 2.17. The van der Waals surface area contributed by atoms with E-state index in [1.165, 1.54) is 0 Å². The van der Waals surface area contributed by atoms with Crippen molar-refractivity contribution >= 4 is 5.91 Å². The van der Waals surface area contributed by atoms with E-state index in [1.54, 1.807) is 22.0 Å². The molecule has 5 heteroatoms. The summed E-state index contributed by atoms with van der Waals surface area (Å²) in [7, 11) is 1.85. The van der Waals surface area contributed by atoms with Gasteiger partial charge in [-0.15, -0.1) is 0 Å². The SMILES string of the molecule is Cn1cnc(C(=O)N(CCCN)Cc2ccccc2)c1. The first kappa shape index (κ1) is 14.3. The van der Waals surface area contributed by atoms with Gasteiger partial charge in [-0.3, -0.25) is 4.79 Å². The molecule has 0 saturated carbocycles. The van der Waals surface area contributed by atoms with Gasteiger partial charge in [-0.2, -0.15) is 0 Å². The zero-order chi connectivity index (χ0) is 14.4. The van der Waals surface area contributed by atoms with Crippen LogP contribution in [0.1, 0.15) is 22.5 Å². The number of imidazole rings is 1. The van der Waals surface area contributed by atoms with E-state index >= 15 is 0 Å². The molecule has 0 radical (unpaired) electrons. The van der Waals surface area contributed by atoms with Gasteiger partial charge in [0.25, 0.3) is 5.91 Å². The highest BCUT2D eigenvalue weighted by atomic mass is 16.2. The van der Waals surface area contributed by atoms with Crippen LogP contribution in [-0.4, -0.2) is 33.4 Å². The molecule has 0 bridgehead atoms. The number of aromatic nitrogens is 2. The van der Waals surface area contributed by atoms with Gasteiger partial charge in [-0.05, 0) is 18.5 Å². The van der Waals surface area contributed by atoms with Crippen LogP contribution >= 0.6 is 0 Å². The molecule has 0 aliphatic rings. The third-order valence-corrected chi connectivity index (χ3v) is 3.06. The van der Waals surface area contributed by atoms with Crippen molar-refractivity contribution in [2.45, 2.75) is 13.0 Å². The second-order valence-electron chi connectivity index (χ2n) is 4.78. The van der Waals surface area contributed by atoms with Crippen LogP contribution in [0.3, 0.4) is 0 Å². The molecule has 0 unspecified atom stereocenters. The van der Waals surface area contributed by atoms with Crippen molar-refractivity contribution in [3.63, 3.8) is 0 Å². The van der Waals surface area contributed by atoms with E-state index in [4.69, 9.17) is 5.73 Å². The number of benzene rings is 1. The van der Waals surface area contributed by atoms with Crippen LogP contribution in [0.2, 0.25) is 0 Å². The molecule has 20 heavy (non-hydrogen) atoms. The third kappa shape index (κ3) is 3.68. The van der Waals surface area contributed by atoms with E-state index in [0.29, 0.717) is 25.3 Å². The number of carbonyl (C=O) groups excluding carboxylic acids is 1. The van der Waals surface area contributed by atoms with Crippen LogP contribution in [0.25, 0.3) is 0 Å². The van der Waals surface area contributed by atoms with E-state index in [9.17, 15) is 4.79 Å². The van der Waals surface area contributed by atoms with Gasteiger partial charge in [0.15, 0.2) is 0 Å². The Labute approximate surface area is 119 Å². The molecule has 1 aromatic heterocycles. The fourth-order valence-corrected chi connectivity index (χ4v) is 2.02. The van der Waals surface area contributed by atoms with Gasteiger partial charge in [0.1, 0.15) is 5.69 Å². The molecule has 0 aliphatic heterocycles. The van der Waals surface area contributed by atoms with Crippen molar-refractivity contribution in [1.82, 2.24) is 14.5 Å². The Morgan fingerprint density at radius 2 is 2.10 bits per heavy atom. The molecule has 1 aromatic carbocycles. The lowest BCUT2D eigenvalue weighted by Crippen LogP contribution is -2.32. The number of rotatable bonds is 6. The Balaban J connectivity index is 2.12. The van der Waals surface area contributed by atoms with Crippen molar-refractivity contribution in [2.24, 2.45) is 12.8 Å². The normalized spacial score (nSPS) is 10.5. The first-order chi connectivity index (χ1) is 9.70. The van der Waals surface area contributed by atoms with E-state index in [0.717, 1.165) is 12.0 Å². The minimum absolute atomic E-state index is 0.0529. The smallest absolute Gasteiger partial charge is 0.274 e. The fourth-order valence-electron chi connectivity index (χ4n) is 2.02. The molecule has 0 saturated heterocycles. The van der Waals surface area contributed by atoms with Crippen molar-refractivity contribution in [1.29, 1.82) is 0 Å². The molecular weight excluding hydrogens is 252 g/mol. The lowest BCUT2D eigenvalue weighted by atomic mass is 10.2. The van der Waals surface area contributed by atoms with E-state index in [1.807, 2.05) is 37.4 Å². The van der Waals surface area contributed by atoms with Crippen LogP contribution in [-0.2, 0) is 13.6 Å². The molecule has 0 atom stereocenters. The number of hydrogen-bond donors (Lipinski definition) is 1. The second-order valence-corrected chi connectivity index (χ2v) is 4.78. The topological polar surface area (TPSA) is 64.2 Å². The van der Waals surface area contributed by atoms with Gasteiger partial charge in [-0.1, -0.05) is 30.3 Å². The van der Waals surface area contributed by atoms with Gasteiger partial charge < -0.3 is 15.2 Å². The van der Waals surface area contributed by atoms with E-state index in [2.05, 4.69) is 4.98 Å². The van der Waals surface area contributed by atoms with Crippen molar-refractivity contribution in [3.05, 3.63) is 54.1 Å². The largest absolute Gasteiger partial charge is 0.340 e. The number of carbonyl (C=O) groups is 1. The summed E-state index contributed by atoms with van der Waals surface area (Å²) < 4.78 is 1.77. The summed E-state index contributed by atoms with van der Waals surface area (Å²) in [6, 6.07) is 9.94. The van der Waals surface area contributed by atoms with Crippen LogP contribution < -0.4 is 5.73 Å². The van der Waals surface area contributed by atoms with Crippen LogP contribution in [0.5, 0.6) is 0 Å². The number of hydrogen-bond acceptors (Lipinski definition) is 3. The summed E-state index contributed by atoms with van der Waals surface area (Å²) in [4.78, 5) is 18.4. The zero-order valence-corrected chi connectivity index (χ0v) is 11.7. The molecule has 5 nitrogen and oxygen atoms in total. The Morgan fingerprint density at radius 3 is 2.70 bits per heavy atom. The maximum absolute atomic E-state index is 12.5. The van der Waals surface area contributed by atoms with Crippen LogP contribution in [0.15, 0.2) is 42.9 Å². The first-order valence-electron chi connectivity index (χ1n) is 6.72. The molecule has 1 amide bonds. The number of aryl methyl sites for hydroxylation is 1. The van der Waals surface area contributed by atoms with E-state index < -0.39 is 0 Å². The third-order valence-electron chi connectivity index (χ3n) is 3.06. The molecule has 106 valence electrons. The molecular formula is C15H20N4O. The minimum Gasteiger partial charge on any atom is -0.340 e. The van der Waals surface area contributed by atoms with Crippen LogP contribution in [0, 0.1) is 0 Å². The fraction of sp³-hybridized carbons (Fsp3) is 0.333. The molecule has 0 aliphatic carbocycles. The first-order valence-corrected chi connectivity index (χ1v) is 6.72. The summed E-state index contributed by atoms with van der Waals surface area (Å²) in [5, 5.41) is 0. The number of nitrogens with two attached hydrogens (primary N) is 1. The van der Waals surface area contributed by atoms with Crippen molar-refractivity contribution < 1.29 is 4.79 Å². The predicted molar refractivity (Wildman–Crippen MR) is 78.1 cm³/mol. The van der Waals surface area contributed by atoms with Gasteiger partial charge in [0.2, 0.25) is 0 Å². The molecule has 0 fully saturated rings. The predicted octanol–water partition coefficient (Wildman–Crippen LogP) is 1.41. The molecule has 0 spiro atoms. The Morgan fingerprint density at radius 1 is 1.35 bits per heavy atom. The second kappa shape index (κ2) is 6.86. The molecule has 2 rings (SSSR count). The highest BCUT2D eigenvalue weighted by molar-refractivity contribution is 5.92. The van der Waals surface area contributed by atoms with Gasteiger partial charge in [0.05, 0.1) is 6.33 Å². The maximum atomic E-state index is 12.5. The van der Waals surface area contributed by atoms with E-state index in [-0.39, 0.29) is 5.91 Å². The average molecular weight is 272 g/mol. The molecule has 2 aromatic rings.